The highest BCUT2D eigenvalue weighted by molar-refractivity contribution is 4.57. The first kappa shape index (κ1) is 11.6. The minimum absolute atomic E-state index is 0.280. The molecule has 0 aromatic rings. The molecule has 0 radical (unpaired) electrons. The normalized spacial score (nSPS) is 12.8. The quantitative estimate of drug-likeness (QED) is 0.452. The number of hydrogen-bond acceptors (Lipinski definition) is 3. The lowest BCUT2D eigenvalue weighted by Crippen LogP contribution is -2.05. The molecule has 0 aromatic heterocycles. The lowest BCUT2D eigenvalue weighted by molar-refractivity contribution is 0.207. The molecule has 0 saturated heterocycles. The third-order valence-electron chi connectivity index (χ3n) is 2.07. The molecule has 0 fully saturated rings. The van der Waals surface area contributed by atoms with E-state index in [1.54, 1.807) is 0 Å². The second kappa shape index (κ2) is 8.65. The van der Waals surface area contributed by atoms with E-state index in [0.29, 0.717) is 12.5 Å². The Kier molecular flexibility index (Phi) is 8.34. The highest BCUT2D eigenvalue weighted by Crippen LogP contribution is 2.13. The second-order valence-corrected chi connectivity index (χ2v) is 3.19. The summed E-state index contributed by atoms with van der Waals surface area (Å²) in [6.07, 6.45) is 5.11. The zero-order valence-electron chi connectivity index (χ0n) is 7.83. The van der Waals surface area contributed by atoms with Crippen LogP contribution in [-0.2, 0) is 0 Å². The monoisotopic (exact) mass is 173 g/mol. The summed E-state index contributed by atoms with van der Waals surface area (Å²) in [6.45, 7) is 2.82. The summed E-state index contributed by atoms with van der Waals surface area (Å²) in [5.74, 6) is 0.432. The molecule has 1 N–H and O–H groups in total. The van der Waals surface area contributed by atoms with Crippen molar-refractivity contribution in [3.8, 4) is 0 Å². The molecule has 0 aliphatic heterocycles. The van der Waals surface area contributed by atoms with Crippen LogP contribution in [0.25, 0.3) is 0 Å². The third-order valence-corrected chi connectivity index (χ3v) is 2.07. The second-order valence-electron chi connectivity index (χ2n) is 3.19. The van der Waals surface area contributed by atoms with Crippen LogP contribution in [0.15, 0.2) is 5.18 Å². The van der Waals surface area contributed by atoms with Crippen molar-refractivity contribution in [1.29, 1.82) is 0 Å². The van der Waals surface area contributed by atoms with Crippen molar-refractivity contribution in [3.05, 3.63) is 4.91 Å². The van der Waals surface area contributed by atoms with Crippen molar-refractivity contribution < 1.29 is 5.11 Å². The lowest BCUT2D eigenvalue weighted by Gasteiger charge is -2.11. The van der Waals surface area contributed by atoms with Gasteiger partial charge in [0.25, 0.3) is 0 Å². The zero-order valence-corrected chi connectivity index (χ0v) is 7.83. The summed E-state index contributed by atoms with van der Waals surface area (Å²) in [5.41, 5.74) is 0. The van der Waals surface area contributed by atoms with Gasteiger partial charge in [-0.2, -0.15) is 4.91 Å². The van der Waals surface area contributed by atoms with Gasteiger partial charge in [-0.25, -0.2) is 0 Å². The van der Waals surface area contributed by atoms with Gasteiger partial charge in [0.05, 0.1) is 6.54 Å². The van der Waals surface area contributed by atoms with Gasteiger partial charge in [-0.15, -0.1) is 0 Å². The first-order valence-corrected chi connectivity index (χ1v) is 4.75. The summed E-state index contributed by atoms with van der Waals surface area (Å²) < 4.78 is 0. The van der Waals surface area contributed by atoms with E-state index < -0.39 is 0 Å². The summed E-state index contributed by atoms with van der Waals surface area (Å²) >= 11 is 0. The maximum atomic E-state index is 9.75. The molecular formula is C9H19NO2. The summed E-state index contributed by atoms with van der Waals surface area (Å²) in [6, 6.07) is 0. The fraction of sp³-hybridized carbons (Fsp3) is 1.00. The Balaban J connectivity index is 3.24. The number of aliphatic hydroxyl groups excluding tert-OH is 1. The van der Waals surface area contributed by atoms with Crippen LogP contribution < -0.4 is 0 Å². The van der Waals surface area contributed by atoms with Gasteiger partial charge in [-0.1, -0.05) is 24.9 Å². The first-order valence-electron chi connectivity index (χ1n) is 4.75. The Hall–Kier alpha value is -0.440. The average Bonchev–Trinajstić information content (AvgIpc) is 2.10. The number of nitroso groups, excluding NO2 is 1. The fourth-order valence-corrected chi connectivity index (χ4v) is 1.34. The van der Waals surface area contributed by atoms with Gasteiger partial charge < -0.3 is 5.11 Å². The molecule has 3 nitrogen and oxygen atoms in total. The van der Waals surface area contributed by atoms with Gasteiger partial charge >= 0.3 is 0 Å². The molecule has 0 heterocycles. The molecule has 12 heavy (non-hydrogen) atoms. The summed E-state index contributed by atoms with van der Waals surface area (Å²) in [7, 11) is 0. The Morgan fingerprint density at radius 2 is 2.08 bits per heavy atom. The van der Waals surface area contributed by atoms with Crippen LogP contribution in [0, 0.1) is 10.8 Å². The van der Waals surface area contributed by atoms with E-state index in [-0.39, 0.29) is 6.61 Å². The minimum atomic E-state index is 0.280. The van der Waals surface area contributed by atoms with Crippen molar-refractivity contribution in [2.75, 3.05) is 13.2 Å². The molecule has 1 atom stereocenters. The van der Waals surface area contributed by atoms with Crippen molar-refractivity contribution >= 4 is 0 Å². The van der Waals surface area contributed by atoms with Gasteiger partial charge in [0.15, 0.2) is 0 Å². The number of unbranched alkanes of at least 4 members (excludes halogenated alkanes) is 1. The first-order chi connectivity index (χ1) is 5.85. The van der Waals surface area contributed by atoms with Crippen LogP contribution in [0.4, 0.5) is 0 Å². The predicted octanol–water partition coefficient (Wildman–Crippen LogP) is 2.33. The smallest absolute Gasteiger partial charge is 0.0811 e. The van der Waals surface area contributed by atoms with E-state index in [1.807, 2.05) is 0 Å². The van der Waals surface area contributed by atoms with E-state index in [2.05, 4.69) is 12.1 Å². The van der Waals surface area contributed by atoms with E-state index in [4.69, 9.17) is 5.11 Å². The molecule has 0 amide bonds. The van der Waals surface area contributed by atoms with Crippen molar-refractivity contribution in [2.24, 2.45) is 11.1 Å². The Bertz CT molecular complexity index is 107. The number of hydrogen-bond donors (Lipinski definition) is 1. The molecule has 0 saturated carbocycles. The number of nitrogens with zero attached hydrogens (tertiary/aromatic N) is 1. The fourth-order valence-electron chi connectivity index (χ4n) is 1.34. The van der Waals surface area contributed by atoms with Crippen LogP contribution >= 0.6 is 0 Å². The zero-order chi connectivity index (χ0) is 9.23. The number of rotatable bonds is 8. The lowest BCUT2D eigenvalue weighted by atomic mass is 9.98. The molecule has 0 aliphatic carbocycles. The maximum absolute atomic E-state index is 9.75. The molecule has 0 rings (SSSR count). The standard InChI is InChI=1S/C9H19NO2/c1-2-5-9(8-11)6-3-4-7-10-12/h9,11H,2-8H2,1H3. The Morgan fingerprint density at radius 3 is 2.58 bits per heavy atom. The average molecular weight is 173 g/mol. The SMILES string of the molecule is CCCC(CO)CCCCN=O. The maximum Gasteiger partial charge on any atom is 0.0811 e. The molecule has 72 valence electrons. The highest BCUT2D eigenvalue weighted by Gasteiger charge is 2.04. The Labute approximate surface area is 74.1 Å². The van der Waals surface area contributed by atoms with Crippen molar-refractivity contribution in [3.63, 3.8) is 0 Å². The topological polar surface area (TPSA) is 49.7 Å². The van der Waals surface area contributed by atoms with Gasteiger partial charge in [0.2, 0.25) is 0 Å². The van der Waals surface area contributed by atoms with Crippen LogP contribution in [0.3, 0.4) is 0 Å². The van der Waals surface area contributed by atoms with Crippen LogP contribution in [0.5, 0.6) is 0 Å². The highest BCUT2D eigenvalue weighted by atomic mass is 16.3. The Morgan fingerprint density at radius 1 is 1.33 bits per heavy atom. The summed E-state index contributed by atoms with van der Waals surface area (Å²) in [4.78, 5) is 9.75. The largest absolute Gasteiger partial charge is 0.396 e. The van der Waals surface area contributed by atoms with Gasteiger partial charge in [0.1, 0.15) is 0 Å². The third kappa shape index (κ3) is 6.28. The van der Waals surface area contributed by atoms with E-state index in [9.17, 15) is 4.91 Å². The van der Waals surface area contributed by atoms with Gasteiger partial charge in [-0.05, 0) is 25.2 Å². The van der Waals surface area contributed by atoms with Gasteiger partial charge in [-0.3, -0.25) is 0 Å². The molecule has 3 heteroatoms. The van der Waals surface area contributed by atoms with E-state index in [1.165, 1.54) is 0 Å². The summed E-state index contributed by atoms with van der Waals surface area (Å²) in [5, 5.41) is 11.7. The molecule has 0 aliphatic rings. The molecule has 0 bridgehead atoms. The number of aliphatic hydroxyl groups is 1. The molecule has 1 unspecified atom stereocenters. The van der Waals surface area contributed by atoms with Crippen molar-refractivity contribution in [2.45, 2.75) is 39.0 Å². The van der Waals surface area contributed by atoms with Crippen LogP contribution in [-0.4, -0.2) is 18.3 Å². The van der Waals surface area contributed by atoms with Crippen LogP contribution in [0.1, 0.15) is 39.0 Å². The van der Waals surface area contributed by atoms with Gasteiger partial charge in [0, 0.05) is 6.61 Å². The van der Waals surface area contributed by atoms with Crippen LogP contribution in [0.2, 0.25) is 0 Å². The van der Waals surface area contributed by atoms with E-state index >= 15 is 0 Å². The molecule has 0 aromatic carbocycles. The van der Waals surface area contributed by atoms with Crippen molar-refractivity contribution in [1.82, 2.24) is 0 Å². The molecular weight excluding hydrogens is 154 g/mol. The minimum Gasteiger partial charge on any atom is -0.396 e. The predicted molar refractivity (Wildman–Crippen MR) is 50.0 cm³/mol. The van der Waals surface area contributed by atoms with E-state index in [0.717, 1.165) is 32.1 Å². The molecule has 0 spiro atoms.